The van der Waals surface area contributed by atoms with Crippen LogP contribution in [0.4, 0.5) is 5.69 Å². The Kier molecular flexibility index (Phi) is 6.78. The maximum Gasteiger partial charge on any atom is 0.343 e. The van der Waals surface area contributed by atoms with E-state index < -0.39 is 21.1 Å². The van der Waals surface area contributed by atoms with Gasteiger partial charge < -0.3 is 9.52 Å². The highest BCUT2D eigenvalue weighted by molar-refractivity contribution is 7.92. The van der Waals surface area contributed by atoms with E-state index in [9.17, 15) is 18.3 Å². The van der Waals surface area contributed by atoms with Gasteiger partial charge in [-0.2, -0.15) is 0 Å². The van der Waals surface area contributed by atoms with Crippen molar-refractivity contribution < 1.29 is 17.9 Å². The average Bonchev–Trinajstić information content (AvgIpc) is 3.71. The van der Waals surface area contributed by atoms with E-state index in [0.717, 1.165) is 44.1 Å². The van der Waals surface area contributed by atoms with Crippen LogP contribution in [0, 0.1) is 0 Å². The molecule has 206 valence electrons. The van der Waals surface area contributed by atoms with E-state index in [1.165, 1.54) is 5.56 Å². The van der Waals surface area contributed by atoms with Gasteiger partial charge >= 0.3 is 5.63 Å². The summed E-state index contributed by atoms with van der Waals surface area (Å²) in [6.45, 7) is 0. The van der Waals surface area contributed by atoms with E-state index in [2.05, 4.69) is 16.9 Å². The van der Waals surface area contributed by atoms with Gasteiger partial charge in [0.1, 0.15) is 11.5 Å². The Balaban J connectivity index is 1.19. The first-order chi connectivity index (χ1) is 19.3. The molecule has 2 N–H and O–H groups in total. The Morgan fingerprint density at radius 2 is 1.48 bits per heavy atom. The number of benzene rings is 3. The molecule has 4 aromatic rings. The van der Waals surface area contributed by atoms with E-state index in [0.29, 0.717) is 29.9 Å². The minimum Gasteiger partial charge on any atom is -0.507 e. The molecule has 0 atom stereocenters. The highest BCUT2D eigenvalue weighted by Gasteiger charge is 2.49. The molecule has 0 spiro atoms. The van der Waals surface area contributed by atoms with Crippen LogP contribution in [-0.4, -0.2) is 13.5 Å². The third-order valence-electron chi connectivity index (χ3n) is 8.66. The highest BCUT2D eigenvalue weighted by Crippen LogP contribution is 2.54. The summed E-state index contributed by atoms with van der Waals surface area (Å²) in [7, 11) is -3.69. The number of nitrogens with one attached hydrogen (secondary N) is 1. The maximum atomic E-state index is 13.3. The summed E-state index contributed by atoms with van der Waals surface area (Å²) in [6.07, 6.45) is 6.63. The first-order valence-corrected chi connectivity index (χ1v) is 15.4. The molecular formula is C33H33NO5S. The zero-order chi connectivity index (χ0) is 27.8. The van der Waals surface area contributed by atoms with Gasteiger partial charge in [0.25, 0.3) is 10.0 Å². The second-order valence-electron chi connectivity index (χ2n) is 11.4. The largest absolute Gasteiger partial charge is 0.507 e. The minimum atomic E-state index is -3.69. The van der Waals surface area contributed by atoms with Crippen LogP contribution in [0.1, 0.15) is 61.0 Å². The van der Waals surface area contributed by atoms with Crippen molar-refractivity contribution in [2.75, 3.05) is 4.72 Å². The first kappa shape index (κ1) is 26.4. The van der Waals surface area contributed by atoms with E-state index >= 15 is 0 Å². The molecule has 6 rings (SSSR count). The van der Waals surface area contributed by atoms with Crippen molar-refractivity contribution in [1.29, 1.82) is 0 Å². The molecule has 6 nitrogen and oxygen atoms in total. The molecule has 3 aromatic carbocycles. The summed E-state index contributed by atoms with van der Waals surface area (Å²) in [5, 5.41) is 11.1. The maximum absolute atomic E-state index is 13.3. The molecule has 2 aliphatic carbocycles. The van der Waals surface area contributed by atoms with Gasteiger partial charge in [0.2, 0.25) is 0 Å². The number of sulfonamides is 1. The van der Waals surface area contributed by atoms with E-state index in [-0.39, 0.29) is 16.1 Å². The van der Waals surface area contributed by atoms with Gasteiger partial charge in [0, 0.05) is 22.6 Å². The molecule has 1 aromatic heterocycles. The summed E-state index contributed by atoms with van der Waals surface area (Å²) in [5.74, 6) is 0.621. The average molecular weight is 556 g/mol. The van der Waals surface area contributed by atoms with Crippen molar-refractivity contribution in [3.8, 4) is 5.75 Å². The van der Waals surface area contributed by atoms with Gasteiger partial charge in [-0.25, -0.2) is 13.2 Å². The summed E-state index contributed by atoms with van der Waals surface area (Å²) < 4.78 is 34.1. The summed E-state index contributed by atoms with van der Waals surface area (Å²) >= 11 is 0. The van der Waals surface area contributed by atoms with Gasteiger partial charge in [-0.05, 0) is 80.3 Å². The standard InChI is InChI=1S/C33H33NO5S/c35-28-22-29(33(16-8-17-33)23-25-9-3-1-4-10-25)39-31(36)30(28)32(19-20-32)18-15-24-11-7-12-26(21-24)34-40(37,38)27-13-5-2-6-14-27/h1-7,9-14,21-22,34-35H,8,15-20,23H2. The van der Waals surface area contributed by atoms with Crippen LogP contribution in [-0.2, 0) is 33.7 Å². The van der Waals surface area contributed by atoms with Crippen molar-refractivity contribution in [3.05, 3.63) is 124 Å². The third-order valence-corrected chi connectivity index (χ3v) is 10.1. The van der Waals surface area contributed by atoms with Crippen LogP contribution in [0.3, 0.4) is 0 Å². The third kappa shape index (κ3) is 5.18. The van der Waals surface area contributed by atoms with Gasteiger partial charge in [-0.15, -0.1) is 0 Å². The van der Waals surface area contributed by atoms with Crippen LogP contribution in [0.5, 0.6) is 5.75 Å². The summed E-state index contributed by atoms with van der Waals surface area (Å²) in [4.78, 5) is 13.5. The molecule has 0 aliphatic heterocycles. The molecule has 0 bridgehead atoms. The topological polar surface area (TPSA) is 96.6 Å². The molecule has 2 fully saturated rings. The van der Waals surface area contributed by atoms with E-state index in [1.54, 1.807) is 42.5 Å². The van der Waals surface area contributed by atoms with Gasteiger partial charge in [0.05, 0.1) is 10.5 Å². The van der Waals surface area contributed by atoms with Gasteiger partial charge in [-0.3, -0.25) is 4.72 Å². The van der Waals surface area contributed by atoms with E-state index in [4.69, 9.17) is 4.42 Å². The quantitative estimate of drug-likeness (QED) is 0.234. The lowest BCUT2D eigenvalue weighted by molar-refractivity contribution is 0.187. The van der Waals surface area contributed by atoms with Crippen molar-refractivity contribution in [2.45, 2.75) is 67.1 Å². The zero-order valence-electron chi connectivity index (χ0n) is 22.3. The summed E-state index contributed by atoms with van der Waals surface area (Å²) in [5.41, 5.74) is 1.91. The number of aromatic hydroxyl groups is 1. The van der Waals surface area contributed by atoms with Crippen LogP contribution in [0.15, 0.2) is 105 Å². The lowest BCUT2D eigenvalue weighted by atomic mass is 9.63. The second-order valence-corrected chi connectivity index (χ2v) is 13.0. The first-order valence-electron chi connectivity index (χ1n) is 13.9. The fourth-order valence-electron chi connectivity index (χ4n) is 6.09. The van der Waals surface area contributed by atoms with Gasteiger partial charge in [-0.1, -0.05) is 67.1 Å². The smallest absolute Gasteiger partial charge is 0.343 e. The molecule has 1 heterocycles. The molecule has 2 saturated carbocycles. The Labute approximate surface area is 234 Å². The second kappa shape index (κ2) is 10.3. The normalized spacial score (nSPS) is 17.1. The summed E-state index contributed by atoms with van der Waals surface area (Å²) in [6, 6.07) is 27.5. The molecule has 0 radical (unpaired) electrons. The molecule has 40 heavy (non-hydrogen) atoms. The number of hydrogen-bond donors (Lipinski definition) is 2. The Bertz CT molecular complexity index is 1670. The minimum absolute atomic E-state index is 0.0347. The van der Waals surface area contributed by atoms with Crippen LogP contribution in [0.2, 0.25) is 0 Å². The Hall–Kier alpha value is -3.84. The fourth-order valence-corrected chi connectivity index (χ4v) is 7.17. The zero-order valence-corrected chi connectivity index (χ0v) is 23.1. The molecule has 0 amide bonds. The Morgan fingerprint density at radius 3 is 2.10 bits per heavy atom. The number of aryl methyl sites for hydroxylation is 1. The van der Waals surface area contributed by atoms with Crippen molar-refractivity contribution >= 4 is 15.7 Å². The number of anilines is 1. The van der Waals surface area contributed by atoms with Crippen molar-refractivity contribution in [1.82, 2.24) is 0 Å². The molecule has 0 unspecified atom stereocenters. The number of rotatable bonds is 10. The van der Waals surface area contributed by atoms with Crippen molar-refractivity contribution in [2.24, 2.45) is 0 Å². The Morgan fingerprint density at radius 1 is 0.800 bits per heavy atom. The van der Waals surface area contributed by atoms with E-state index in [1.807, 2.05) is 36.4 Å². The number of hydrogen-bond acceptors (Lipinski definition) is 5. The van der Waals surface area contributed by atoms with Crippen LogP contribution >= 0.6 is 0 Å². The predicted octanol–water partition coefficient (Wildman–Crippen LogP) is 6.48. The van der Waals surface area contributed by atoms with Crippen molar-refractivity contribution in [3.63, 3.8) is 0 Å². The lowest BCUT2D eigenvalue weighted by Gasteiger charge is -2.41. The van der Waals surface area contributed by atoms with Crippen LogP contribution < -0.4 is 10.3 Å². The monoisotopic (exact) mass is 555 g/mol. The fraction of sp³-hybridized carbons (Fsp3) is 0.303. The molecule has 2 aliphatic rings. The van der Waals surface area contributed by atoms with Gasteiger partial charge in [0.15, 0.2) is 0 Å². The predicted molar refractivity (Wildman–Crippen MR) is 155 cm³/mol. The lowest BCUT2D eigenvalue weighted by Crippen LogP contribution is -2.37. The molecule has 0 saturated heterocycles. The molecule has 7 heteroatoms. The SMILES string of the molecule is O=c1oc(C2(Cc3ccccc3)CCC2)cc(O)c1C1(CCc2cccc(NS(=O)(=O)c3ccccc3)c2)CC1. The molecular weight excluding hydrogens is 522 g/mol. The highest BCUT2D eigenvalue weighted by atomic mass is 32.2. The van der Waals surface area contributed by atoms with Crippen LogP contribution in [0.25, 0.3) is 0 Å².